The number of nitrogens with zero attached hydrogens (tertiary/aromatic N) is 1. The molecule has 1 aromatic carbocycles. The molecular weight excluding hydrogens is 308 g/mol. The number of carbonyl (C=O) groups is 1. The zero-order chi connectivity index (χ0) is 14.9. The molecule has 0 atom stereocenters. The minimum atomic E-state index is -3.84. The molecule has 2 aromatic heterocycles. The van der Waals surface area contributed by atoms with E-state index in [4.69, 9.17) is 0 Å². The molecule has 0 aliphatic rings. The molecule has 5 nitrogen and oxygen atoms in total. The van der Waals surface area contributed by atoms with Crippen LogP contribution in [-0.4, -0.2) is 19.3 Å². The van der Waals surface area contributed by atoms with Crippen LogP contribution in [0.2, 0.25) is 0 Å². The van der Waals surface area contributed by atoms with Crippen LogP contribution in [0.25, 0.3) is 10.8 Å². The molecule has 0 aliphatic carbocycles. The minimum Gasteiger partial charge on any atom is -0.268 e. The normalized spacial score (nSPS) is 11.4. The van der Waals surface area contributed by atoms with Crippen molar-refractivity contribution in [3.05, 3.63) is 59.7 Å². The molecule has 0 aliphatic heterocycles. The standard InChI is InChI=1S/C14H10N2O3S2/c17-14(16-21(18,19)13-6-3-7-20-13)12-9-15-8-10-4-1-2-5-11(10)12/h1-9H,(H,16,17). The maximum Gasteiger partial charge on any atom is 0.273 e. The zero-order valence-corrected chi connectivity index (χ0v) is 12.3. The number of benzene rings is 1. The lowest BCUT2D eigenvalue weighted by Crippen LogP contribution is -2.30. The van der Waals surface area contributed by atoms with Gasteiger partial charge >= 0.3 is 0 Å². The van der Waals surface area contributed by atoms with Crippen LogP contribution in [0.5, 0.6) is 0 Å². The summed E-state index contributed by atoms with van der Waals surface area (Å²) >= 11 is 1.05. The average molecular weight is 318 g/mol. The number of carbonyl (C=O) groups excluding carboxylic acids is 1. The molecule has 7 heteroatoms. The molecule has 3 rings (SSSR count). The molecule has 0 unspecified atom stereocenters. The summed E-state index contributed by atoms with van der Waals surface area (Å²) in [6.07, 6.45) is 2.99. The highest BCUT2D eigenvalue weighted by atomic mass is 32.2. The number of nitrogens with one attached hydrogen (secondary N) is 1. The number of hydrogen-bond donors (Lipinski definition) is 1. The summed E-state index contributed by atoms with van der Waals surface area (Å²) in [6.45, 7) is 0. The van der Waals surface area contributed by atoms with Crippen molar-refractivity contribution in [3.63, 3.8) is 0 Å². The van der Waals surface area contributed by atoms with Gasteiger partial charge in [0.15, 0.2) is 0 Å². The van der Waals surface area contributed by atoms with Crippen molar-refractivity contribution in [3.8, 4) is 0 Å². The molecule has 0 bridgehead atoms. The first-order valence-corrected chi connectivity index (χ1v) is 8.37. The third-order valence-electron chi connectivity index (χ3n) is 2.90. The van der Waals surface area contributed by atoms with E-state index in [0.29, 0.717) is 5.39 Å². The minimum absolute atomic E-state index is 0.101. The third kappa shape index (κ3) is 2.65. The summed E-state index contributed by atoms with van der Waals surface area (Å²) in [5, 5.41) is 3.07. The van der Waals surface area contributed by atoms with E-state index in [9.17, 15) is 13.2 Å². The topological polar surface area (TPSA) is 76.1 Å². The molecule has 106 valence electrons. The van der Waals surface area contributed by atoms with Crippen LogP contribution in [0.15, 0.2) is 58.4 Å². The van der Waals surface area contributed by atoms with Crippen molar-refractivity contribution in [2.45, 2.75) is 4.21 Å². The molecule has 0 radical (unpaired) electrons. The molecule has 1 amide bonds. The summed E-state index contributed by atoms with van der Waals surface area (Å²) in [5.74, 6) is -0.687. The van der Waals surface area contributed by atoms with E-state index in [2.05, 4.69) is 9.71 Å². The molecule has 0 fully saturated rings. The maximum absolute atomic E-state index is 12.2. The average Bonchev–Trinajstić information content (AvgIpc) is 3.01. The van der Waals surface area contributed by atoms with Crippen LogP contribution in [-0.2, 0) is 10.0 Å². The fourth-order valence-electron chi connectivity index (χ4n) is 1.94. The second kappa shape index (κ2) is 5.27. The molecule has 3 aromatic rings. The molecule has 0 saturated heterocycles. The number of thiophene rings is 1. The summed E-state index contributed by atoms with van der Waals surface area (Å²) in [4.78, 5) is 16.2. The highest BCUT2D eigenvalue weighted by Crippen LogP contribution is 2.19. The largest absolute Gasteiger partial charge is 0.273 e. The number of aromatic nitrogens is 1. The van der Waals surface area contributed by atoms with Crippen LogP contribution in [0.4, 0.5) is 0 Å². The first kappa shape index (κ1) is 13.7. The fraction of sp³-hybridized carbons (Fsp3) is 0. The van der Waals surface area contributed by atoms with Gasteiger partial charge in [-0.1, -0.05) is 30.3 Å². The van der Waals surface area contributed by atoms with Crippen molar-refractivity contribution in [2.75, 3.05) is 0 Å². The smallest absolute Gasteiger partial charge is 0.268 e. The summed E-state index contributed by atoms with van der Waals surface area (Å²) in [5.41, 5.74) is 0.230. The van der Waals surface area contributed by atoms with Crippen molar-refractivity contribution < 1.29 is 13.2 Å². The lowest BCUT2D eigenvalue weighted by molar-refractivity contribution is 0.0983. The third-order valence-corrected chi connectivity index (χ3v) is 5.63. The predicted molar refractivity (Wildman–Crippen MR) is 80.7 cm³/mol. The number of amides is 1. The Bertz CT molecular complexity index is 898. The Morgan fingerprint density at radius 2 is 1.90 bits per heavy atom. The Balaban J connectivity index is 1.99. The Hall–Kier alpha value is -2.25. The van der Waals surface area contributed by atoms with E-state index < -0.39 is 15.9 Å². The lowest BCUT2D eigenvalue weighted by atomic mass is 10.1. The quantitative estimate of drug-likeness (QED) is 0.804. The second-order valence-electron chi connectivity index (χ2n) is 4.27. The molecule has 1 N–H and O–H groups in total. The van der Waals surface area contributed by atoms with Gasteiger partial charge in [0.1, 0.15) is 4.21 Å². The molecule has 21 heavy (non-hydrogen) atoms. The molecule has 0 spiro atoms. The Morgan fingerprint density at radius 3 is 2.67 bits per heavy atom. The van der Waals surface area contributed by atoms with E-state index in [1.165, 1.54) is 12.3 Å². The molecule has 2 heterocycles. The van der Waals surface area contributed by atoms with Gasteiger partial charge in [-0.2, -0.15) is 0 Å². The number of sulfonamides is 1. The zero-order valence-electron chi connectivity index (χ0n) is 10.7. The van der Waals surface area contributed by atoms with E-state index >= 15 is 0 Å². The molecular formula is C14H10N2O3S2. The van der Waals surface area contributed by atoms with Gasteiger partial charge in [-0.25, -0.2) is 13.1 Å². The van der Waals surface area contributed by atoms with Gasteiger partial charge in [-0.15, -0.1) is 11.3 Å². The van der Waals surface area contributed by atoms with Gasteiger partial charge in [0.05, 0.1) is 5.56 Å². The predicted octanol–water partition coefficient (Wildman–Crippen LogP) is 2.42. The summed E-state index contributed by atoms with van der Waals surface area (Å²) in [6, 6.07) is 10.2. The highest BCUT2D eigenvalue weighted by molar-refractivity contribution is 7.92. The van der Waals surface area contributed by atoms with Crippen molar-refractivity contribution >= 4 is 38.0 Å². The Kier molecular flexibility index (Phi) is 3.44. The lowest BCUT2D eigenvalue weighted by Gasteiger charge is -2.07. The van der Waals surface area contributed by atoms with Gasteiger partial charge in [0.2, 0.25) is 0 Å². The number of pyridine rings is 1. The van der Waals surface area contributed by atoms with Crippen molar-refractivity contribution in [2.24, 2.45) is 0 Å². The van der Waals surface area contributed by atoms with Crippen molar-refractivity contribution in [1.29, 1.82) is 0 Å². The van der Waals surface area contributed by atoms with Gasteiger partial charge in [0.25, 0.3) is 15.9 Å². The summed E-state index contributed by atoms with van der Waals surface area (Å²) < 4.78 is 26.3. The summed E-state index contributed by atoms with van der Waals surface area (Å²) in [7, 11) is -3.84. The van der Waals surface area contributed by atoms with Gasteiger partial charge in [-0.3, -0.25) is 9.78 Å². The number of fused-ring (bicyclic) bond motifs is 1. The van der Waals surface area contributed by atoms with Crippen LogP contribution in [0.1, 0.15) is 10.4 Å². The first-order chi connectivity index (χ1) is 10.1. The van der Waals surface area contributed by atoms with Crippen LogP contribution in [0, 0.1) is 0 Å². The molecule has 0 saturated carbocycles. The van der Waals surface area contributed by atoms with Crippen LogP contribution >= 0.6 is 11.3 Å². The number of hydrogen-bond acceptors (Lipinski definition) is 5. The Morgan fingerprint density at radius 1 is 1.10 bits per heavy atom. The van der Waals surface area contributed by atoms with E-state index in [-0.39, 0.29) is 9.77 Å². The van der Waals surface area contributed by atoms with Crippen LogP contribution in [0.3, 0.4) is 0 Å². The highest BCUT2D eigenvalue weighted by Gasteiger charge is 2.20. The SMILES string of the molecule is O=C(NS(=O)(=O)c1cccs1)c1cncc2ccccc12. The van der Waals surface area contributed by atoms with Gasteiger partial charge in [0, 0.05) is 17.8 Å². The van der Waals surface area contributed by atoms with Crippen LogP contribution < -0.4 is 4.72 Å². The van der Waals surface area contributed by atoms with Crippen molar-refractivity contribution in [1.82, 2.24) is 9.71 Å². The monoisotopic (exact) mass is 318 g/mol. The second-order valence-corrected chi connectivity index (χ2v) is 7.13. The number of rotatable bonds is 3. The first-order valence-electron chi connectivity index (χ1n) is 6.01. The van der Waals surface area contributed by atoms with Gasteiger partial charge < -0.3 is 0 Å². The Labute approximate surface area is 125 Å². The van der Waals surface area contributed by atoms with Gasteiger partial charge in [-0.05, 0) is 16.8 Å². The maximum atomic E-state index is 12.2. The van der Waals surface area contributed by atoms with E-state index in [1.54, 1.807) is 29.8 Å². The van der Waals surface area contributed by atoms with E-state index in [1.807, 2.05) is 12.1 Å². The fourth-order valence-corrected chi connectivity index (χ4v) is 3.90. The van der Waals surface area contributed by atoms with E-state index in [0.717, 1.165) is 16.7 Å².